The summed E-state index contributed by atoms with van der Waals surface area (Å²) in [5.41, 5.74) is 1.37. The molecule has 64 valence electrons. The average Bonchev–Trinajstić information content (AvgIpc) is 2.14. The van der Waals surface area contributed by atoms with Crippen molar-refractivity contribution >= 4 is 6.21 Å². The summed E-state index contributed by atoms with van der Waals surface area (Å²) in [6.07, 6.45) is 4.06. The van der Waals surface area contributed by atoms with Crippen LogP contribution in [0.2, 0.25) is 0 Å². The van der Waals surface area contributed by atoms with Crippen LogP contribution in [-0.2, 0) is 6.42 Å². The third-order valence-corrected chi connectivity index (χ3v) is 1.68. The van der Waals surface area contributed by atoms with Gasteiger partial charge in [0.05, 0.1) is 0 Å². The molecule has 0 radical (unpaired) electrons. The van der Waals surface area contributed by atoms with E-state index in [1.165, 1.54) is 5.56 Å². The van der Waals surface area contributed by atoms with Crippen molar-refractivity contribution in [3.63, 3.8) is 0 Å². The first-order chi connectivity index (χ1) is 5.93. The van der Waals surface area contributed by atoms with Gasteiger partial charge < -0.3 is 0 Å². The normalized spacial score (nSPS) is 10.8. The Labute approximate surface area is 74.2 Å². The van der Waals surface area contributed by atoms with Gasteiger partial charge in [-0.2, -0.15) is 0 Å². The van der Waals surface area contributed by atoms with Crippen LogP contribution < -0.4 is 0 Å². The standard InChI is InChI=1S/C11H15N/c1-2-9-12-10-8-11-6-4-3-5-7-11/h3-7,9H,2,8,10H2,1H3. The molecule has 0 atom stereocenters. The lowest BCUT2D eigenvalue weighted by molar-refractivity contribution is 0.968. The zero-order valence-corrected chi connectivity index (χ0v) is 7.53. The highest BCUT2D eigenvalue weighted by molar-refractivity contribution is 5.56. The minimum absolute atomic E-state index is 0.915. The van der Waals surface area contributed by atoms with E-state index in [1.54, 1.807) is 0 Å². The predicted molar refractivity (Wildman–Crippen MR) is 53.8 cm³/mol. The summed E-state index contributed by atoms with van der Waals surface area (Å²) in [4.78, 5) is 4.26. The fourth-order valence-corrected chi connectivity index (χ4v) is 1.06. The molecular weight excluding hydrogens is 146 g/mol. The van der Waals surface area contributed by atoms with Crippen molar-refractivity contribution < 1.29 is 0 Å². The van der Waals surface area contributed by atoms with E-state index in [9.17, 15) is 0 Å². The Kier molecular flexibility index (Phi) is 4.14. The molecule has 0 saturated carbocycles. The number of hydrogen-bond donors (Lipinski definition) is 0. The molecule has 0 bridgehead atoms. The van der Waals surface area contributed by atoms with Crippen LogP contribution in [0.15, 0.2) is 35.3 Å². The van der Waals surface area contributed by atoms with Crippen LogP contribution in [0.1, 0.15) is 18.9 Å². The van der Waals surface area contributed by atoms with Crippen LogP contribution in [-0.4, -0.2) is 12.8 Å². The minimum atomic E-state index is 0.915. The van der Waals surface area contributed by atoms with E-state index in [0.29, 0.717) is 0 Å². The van der Waals surface area contributed by atoms with Gasteiger partial charge >= 0.3 is 0 Å². The fraction of sp³-hybridized carbons (Fsp3) is 0.364. The zero-order chi connectivity index (χ0) is 8.65. The van der Waals surface area contributed by atoms with E-state index in [-0.39, 0.29) is 0 Å². The van der Waals surface area contributed by atoms with E-state index in [4.69, 9.17) is 0 Å². The maximum absolute atomic E-state index is 4.26. The topological polar surface area (TPSA) is 12.4 Å². The van der Waals surface area contributed by atoms with Gasteiger partial charge in [-0.3, -0.25) is 4.99 Å². The monoisotopic (exact) mass is 161 g/mol. The van der Waals surface area contributed by atoms with Gasteiger partial charge in [-0.15, -0.1) is 0 Å². The SMILES string of the molecule is CCC=NCCc1ccccc1. The maximum Gasteiger partial charge on any atom is 0.0425 e. The molecule has 0 aromatic heterocycles. The lowest BCUT2D eigenvalue weighted by Crippen LogP contribution is -1.88. The molecule has 0 N–H and O–H groups in total. The quantitative estimate of drug-likeness (QED) is 0.602. The molecule has 1 rings (SSSR count). The van der Waals surface area contributed by atoms with E-state index < -0.39 is 0 Å². The number of rotatable bonds is 4. The molecule has 0 unspecified atom stereocenters. The van der Waals surface area contributed by atoms with Crippen molar-refractivity contribution in [3.8, 4) is 0 Å². The summed E-state index contributed by atoms with van der Waals surface area (Å²) >= 11 is 0. The van der Waals surface area contributed by atoms with Crippen molar-refractivity contribution in [2.45, 2.75) is 19.8 Å². The Bertz CT molecular complexity index is 226. The molecule has 0 aliphatic rings. The number of benzene rings is 1. The molecule has 0 spiro atoms. The molecule has 12 heavy (non-hydrogen) atoms. The summed E-state index contributed by atoms with van der Waals surface area (Å²) in [6, 6.07) is 10.5. The second-order valence-corrected chi connectivity index (χ2v) is 2.73. The van der Waals surface area contributed by atoms with Gasteiger partial charge in [0.1, 0.15) is 0 Å². The van der Waals surface area contributed by atoms with Crippen LogP contribution in [0.5, 0.6) is 0 Å². The third-order valence-electron chi connectivity index (χ3n) is 1.68. The molecule has 0 fully saturated rings. The fourth-order valence-electron chi connectivity index (χ4n) is 1.06. The Morgan fingerprint density at radius 2 is 2.00 bits per heavy atom. The number of hydrogen-bond acceptors (Lipinski definition) is 1. The molecule has 1 aromatic rings. The highest BCUT2D eigenvalue weighted by Gasteiger charge is 1.87. The Morgan fingerprint density at radius 1 is 1.25 bits per heavy atom. The zero-order valence-electron chi connectivity index (χ0n) is 7.53. The second-order valence-electron chi connectivity index (χ2n) is 2.73. The van der Waals surface area contributed by atoms with Crippen LogP contribution >= 0.6 is 0 Å². The summed E-state index contributed by atoms with van der Waals surface area (Å²) in [7, 11) is 0. The van der Waals surface area contributed by atoms with Gasteiger partial charge in [-0.25, -0.2) is 0 Å². The van der Waals surface area contributed by atoms with Crippen molar-refractivity contribution in [1.29, 1.82) is 0 Å². The van der Waals surface area contributed by atoms with E-state index in [0.717, 1.165) is 19.4 Å². The minimum Gasteiger partial charge on any atom is -0.297 e. The van der Waals surface area contributed by atoms with Crippen molar-refractivity contribution in [3.05, 3.63) is 35.9 Å². The van der Waals surface area contributed by atoms with Crippen LogP contribution in [0, 0.1) is 0 Å². The first kappa shape index (κ1) is 8.98. The average molecular weight is 161 g/mol. The largest absolute Gasteiger partial charge is 0.297 e. The van der Waals surface area contributed by atoms with E-state index in [1.807, 2.05) is 12.3 Å². The Morgan fingerprint density at radius 3 is 2.67 bits per heavy atom. The van der Waals surface area contributed by atoms with Crippen LogP contribution in [0.3, 0.4) is 0 Å². The molecule has 1 heteroatoms. The first-order valence-electron chi connectivity index (χ1n) is 4.45. The Balaban J connectivity index is 2.29. The summed E-state index contributed by atoms with van der Waals surface area (Å²) in [5.74, 6) is 0. The lowest BCUT2D eigenvalue weighted by atomic mass is 10.2. The molecule has 1 nitrogen and oxygen atoms in total. The van der Waals surface area contributed by atoms with E-state index in [2.05, 4.69) is 36.2 Å². The Hall–Kier alpha value is -1.11. The number of nitrogens with zero attached hydrogens (tertiary/aromatic N) is 1. The van der Waals surface area contributed by atoms with Gasteiger partial charge in [0.2, 0.25) is 0 Å². The molecule has 0 heterocycles. The summed E-state index contributed by atoms with van der Waals surface area (Å²) < 4.78 is 0. The van der Waals surface area contributed by atoms with Crippen molar-refractivity contribution in [2.75, 3.05) is 6.54 Å². The molecule has 0 aliphatic heterocycles. The molecule has 1 aromatic carbocycles. The van der Waals surface area contributed by atoms with Gasteiger partial charge in [-0.1, -0.05) is 37.3 Å². The smallest absolute Gasteiger partial charge is 0.0425 e. The lowest BCUT2D eigenvalue weighted by Gasteiger charge is -1.95. The highest BCUT2D eigenvalue weighted by Crippen LogP contribution is 1.98. The first-order valence-corrected chi connectivity index (χ1v) is 4.45. The highest BCUT2D eigenvalue weighted by atomic mass is 14.7. The number of aliphatic imine (C=N–C) groups is 1. The van der Waals surface area contributed by atoms with Gasteiger partial charge in [0.25, 0.3) is 0 Å². The summed E-state index contributed by atoms with van der Waals surface area (Å²) in [6.45, 7) is 3.02. The molecule has 0 aliphatic carbocycles. The maximum atomic E-state index is 4.26. The van der Waals surface area contributed by atoms with Crippen LogP contribution in [0.25, 0.3) is 0 Å². The summed E-state index contributed by atoms with van der Waals surface area (Å²) in [5, 5.41) is 0. The molecular formula is C11H15N. The predicted octanol–water partition coefficient (Wildman–Crippen LogP) is 2.71. The van der Waals surface area contributed by atoms with Crippen molar-refractivity contribution in [1.82, 2.24) is 0 Å². The van der Waals surface area contributed by atoms with Crippen LogP contribution in [0.4, 0.5) is 0 Å². The molecule has 0 saturated heterocycles. The van der Waals surface area contributed by atoms with Crippen molar-refractivity contribution in [2.24, 2.45) is 4.99 Å². The van der Waals surface area contributed by atoms with Gasteiger partial charge in [-0.05, 0) is 24.6 Å². The van der Waals surface area contributed by atoms with E-state index >= 15 is 0 Å². The van der Waals surface area contributed by atoms with Gasteiger partial charge in [0.15, 0.2) is 0 Å². The van der Waals surface area contributed by atoms with Gasteiger partial charge in [0, 0.05) is 6.54 Å². The third kappa shape index (κ3) is 3.33. The second kappa shape index (κ2) is 5.53. The molecule has 0 amide bonds.